The van der Waals surface area contributed by atoms with Crippen LogP contribution in [0.3, 0.4) is 0 Å². The van der Waals surface area contributed by atoms with Gasteiger partial charge in [0.05, 0.1) is 0 Å². The van der Waals surface area contributed by atoms with Gasteiger partial charge in [-0.15, -0.1) is 0 Å². The van der Waals surface area contributed by atoms with Crippen LogP contribution in [0.1, 0.15) is 56.9 Å². The average Bonchev–Trinajstić information content (AvgIpc) is 2.62. The quantitative estimate of drug-likeness (QED) is 0.591. The highest BCUT2D eigenvalue weighted by atomic mass is 16.1. The number of carbonyl (C=O) groups is 2. The average molecular weight is 363 g/mol. The van der Waals surface area contributed by atoms with Crippen molar-refractivity contribution >= 4 is 23.7 Å². The highest BCUT2D eigenvalue weighted by Crippen LogP contribution is 2.11. The predicted molar refractivity (Wildman–Crippen MR) is 116 cm³/mol. The molecule has 0 bridgehead atoms. The fraction of sp³-hybridized carbons (Fsp3) is 0.280. The van der Waals surface area contributed by atoms with Gasteiger partial charge in [-0.05, 0) is 81.0 Å². The van der Waals surface area contributed by atoms with E-state index < -0.39 is 0 Å². The second kappa shape index (κ2) is 11.1. The number of benzene rings is 2. The van der Waals surface area contributed by atoms with Gasteiger partial charge in [0, 0.05) is 0 Å². The third-order valence-electron chi connectivity index (χ3n) is 4.28. The molecule has 0 amide bonds. The fourth-order valence-electron chi connectivity index (χ4n) is 2.37. The molecule has 0 spiro atoms. The van der Waals surface area contributed by atoms with Gasteiger partial charge in [-0.1, -0.05) is 61.0 Å². The van der Waals surface area contributed by atoms with Gasteiger partial charge >= 0.3 is 0 Å². The lowest BCUT2D eigenvalue weighted by atomic mass is 10.1. The lowest BCUT2D eigenvalue weighted by Crippen LogP contribution is -1.91. The van der Waals surface area contributed by atoms with Crippen molar-refractivity contribution in [2.24, 2.45) is 0 Å². The largest absolute Gasteiger partial charge is 0.295 e. The molecule has 27 heavy (non-hydrogen) atoms. The first kappa shape index (κ1) is 22.3. The Morgan fingerprint density at radius 1 is 0.778 bits per heavy atom. The molecule has 142 valence electrons. The van der Waals surface area contributed by atoms with Gasteiger partial charge in [0.1, 0.15) is 0 Å². The van der Waals surface area contributed by atoms with Gasteiger partial charge in [-0.3, -0.25) is 9.59 Å². The van der Waals surface area contributed by atoms with Crippen molar-refractivity contribution < 1.29 is 9.59 Å². The number of aryl methyl sites for hydroxylation is 2. The summed E-state index contributed by atoms with van der Waals surface area (Å²) in [7, 11) is 0. The molecule has 0 saturated carbocycles. The van der Waals surface area contributed by atoms with Gasteiger partial charge < -0.3 is 0 Å². The molecule has 2 nitrogen and oxygen atoms in total. The number of hydrogen-bond acceptors (Lipinski definition) is 2. The Labute approximate surface area is 163 Å². The van der Waals surface area contributed by atoms with E-state index in [2.05, 4.69) is 25.1 Å². The van der Waals surface area contributed by atoms with Crippen LogP contribution in [0.5, 0.6) is 0 Å². The Hall–Kier alpha value is -2.74. The fourth-order valence-corrected chi connectivity index (χ4v) is 2.37. The molecule has 0 atom stereocenters. The Morgan fingerprint density at radius 2 is 1.26 bits per heavy atom. The van der Waals surface area contributed by atoms with E-state index in [-0.39, 0.29) is 11.6 Å². The Balaban J connectivity index is 0.000000271. The highest BCUT2D eigenvalue weighted by molar-refractivity contribution is 5.97. The molecule has 2 aromatic carbocycles. The first-order valence-corrected chi connectivity index (χ1v) is 9.27. The zero-order valence-electron chi connectivity index (χ0n) is 17.3. The topological polar surface area (TPSA) is 34.1 Å². The number of rotatable bonds is 5. The van der Waals surface area contributed by atoms with Gasteiger partial charge in [0.15, 0.2) is 11.6 Å². The molecule has 0 radical (unpaired) electrons. The van der Waals surface area contributed by atoms with Crippen molar-refractivity contribution in [3.63, 3.8) is 0 Å². The summed E-state index contributed by atoms with van der Waals surface area (Å²) >= 11 is 0. The zero-order valence-corrected chi connectivity index (χ0v) is 17.3. The predicted octanol–water partition coefficient (Wildman–Crippen LogP) is 6.23. The molecule has 0 aromatic heterocycles. The number of hydrogen-bond donors (Lipinski definition) is 0. The number of Topliss-reactive ketones (excluding diaryl/α,β-unsaturated/α-hetero) is 2. The molecule has 0 aliphatic rings. The minimum atomic E-state index is 0.126. The van der Waals surface area contributed by atoms with E-state index in [4.69, 9.17) is 0 Å². The Morgan fingerprint density at radius 3 is 1.70 bits per heavy atom. The number of allylic oxidation sites excluding steroid dienone is 2. The molecular formula is C25H30O2. The molecule has 0 saturated heterocycles. The first-order chi connectivity index (χ1) is 12.7. The first-order valence-electron chi connectivity index (χ1n) is 9.27. The number of carbonyl (C=O) groups excluding carboxylic acids is 2. The standard InChI is InChI=1S/C13H16O.C12H14O/c1-4-12-6-5-7-13(9-12)8-10(2)11(3)14;1-9-5-4-6-12(7-9)8-10(2)11(3)13/h5-9H,4H2,1-3H3;4-8H,1-3H3. The lowest BCUT2D eigenvalue weighted by Gasteiger charge is -1.99. The zero-order chi connectivity index (χ0) is 20.4. The number of ketones is 2. The van der Waals surface area contributed by atoms with Crippen molar-refractivity contribution in [3.05, 3.63) is 81.9 Å². The van der Waals surface area contributed by atoms with Gasteiger partial charge in [-0.25, -0.2) is 0 Å². The van der Waals surface area contributed by atoms with E-state index in [0.29, 0.717) is 0 Å². The summed E-state index contributed by atoms with van der Waals surface area (Å²) in [5, 5.41) is 0. The maximum absolute atomic E-state index is 11.0. The van der Waals surface area contributed by atoms with Crippen LogP contribution in [0, 0.1) is 6.92 Å². The van der Waals surface area contributed by atoms with Crippen LogP contribution in [-0.4, -0.2) is 11.6 Å². The molecule has 0 heterocycles. The van der Waals surface area contributed by atoms with Crippen LogP contribution in [0.25, 0.3) is 12.2 Å². The van der Waals surface area contributed by atoms with Gasteiger partial charge in [0.2, 0.25) is 0 Å². The highest BCUT2D eigenvalue weighted by Gasteiger charge is 1.97. The summed E-state index contributed by atoms with van der Waals surface area (Å²) in [6.07, 6.45) is 4.87. The molecule has 2 rings (SSSR count). The third-order valence-corrected chi connectivity index (χ3v) is 4.28. The van der Waals surface area contributed by atoms with Gasteiger partial charge in [-0.2, -0.15) is 0 Å². The SMILES string of the molecule is CC(=O)C(C)=Cc1cccc(C)c1.CCc1cccc(C=C(C)C(C)=O)c1. The Kier molecular flexibility index (Phi) is 9.15. The van der Waals surface area contributed by atoms with Gasteiger partial charge in [0.25, 0.3) is 0 Å². The monoisotopic (exact) mass is 362 g/mol. The van der Waals surface area contributed by atoms with Crippen LogP contribution in [0.4, 0.5) is 0 Å². The van der Waals surface area contributed by atoms with Crippen LogP contribution < -0.4 is 0 Å². The van der Waals surface area contributed by atoms with Crippen LogP contribution in [0.15, 0.2) is 59.7 Å². The summed E-state index contributed by atoms with van der Waals surface area (Å²) in [5.41, 5.74) is 6.31. The second-order valence-corrected chi connectivity index (χ2v) is 6.78. The van der Waals surface area contributed by atoms with Crippen molar-refractivity contribution in [2.75, 3.05) is 0 Å². The third kappa shape index (κ3) is 8.46. The molecule has 0 aliphatic heterocycles. The maximum Gasteiger partial charge on any atom is 0.155 e. The molecule has 0 unspecified atom stereocenters. The molecular weight excluding hydrogens is 332 g/mol. The van der Waals surface area contributed by atoms with Crippen molar-refractivity contribution in [3.8, 4) is 0 Å². The lowest BCUT2D eigenvalue weighted by molar-refractivity contribution is -0.114. The normalized spacial score (nSPS) is 11.5. The summed E-state index contributed by atoms with van der Waals surface area (Å²) in [5.74, 6) is 0.258. The molecule has 0 aliphatic carbocycles. The smallest absolute Gasteiger partial charge is 0.155 e. The maximum atomic E-state index is 11.0. The minimum absolute atomic E-state index is 0.126. The van der Waals surface area contributed by atoms with Crippen molar-refractivity contribution in [2.45, 2.75) is 48.0 Å². The van der Waals surface area contributed by atoms with Crippen molar-refractivity contribution in [1.29, 1.82) is 0 Å². The van der Waals surface area contributed by atoms with E-state index >= 15 is 0 Å². The van der Waals surface area contributed by atoms with Crippen LogP contribution in [0.2, 0.25) is 0 Å². The molecule has 2 aromatic rings. The van der Waals surface area contributed by atoms with Crippen LogP contribution in [-0.2, 0) is 16.0 Å². The summed E-state index contributed by atoms with van der Waals surface area (Å²) < 4.78 is 0. The molecule has 0 N–H and O–H groups in total. The van der Waals surface area contributed by atoms with Crippen molar-refractivity contribution in [1.82, 2.24) is 0 Å². The molecule has 0 fully saturated rings. The van der Waals surface area contributed by atoms with E-state index in [1.807, 2.05) is 63.3 Å². The van der Waals surface area contributed by atoms with E-state index in [0.717, 1.165) is 28.7 Å². The van der Waals surface area contributed by atoms with E-state index in [1.54, 1.807) is 13.8 Å². The van der Waals surface area contributed by atoms with Crippen LogP contribution >= 0.6 is 0 Å². The van der Waals surface area contributed by atoms with E-state index in [9.17, 15) is 9.59 Å². The summed E-state index contributed by atoms with van der Waals surface area (Å²) in [6, 6.07) is 16.4. The molecule has 2 heteroatoms. The summed E-state index contributed by atoms with van der Waals surface area (Å²) in [4.78, 5) is 22.0. The van der Waals surface area contributed by atoms with E-state index in [1.165, 1.54) is 11.1 Å². The summed E-state index contributed by atoms with van der Waals surface area (Å²) in [6.45, 7) is 11.0. The Bertz CT molecular complexity index is 854. The second-order valence-electron chi connectivity index (χ2n) is 6.78. The minimum Gasteiger partial charge on any atom is -0.295 e.